The first-order valence-corrected chi connectivity index (χ1v) is 11.4. The first kappa shape index (κ1) is 27.0. The van der Waals surface area contributed by atoms with Crippen LogP contribution >= 0.6 is 0 Å². The van der Waals surface area contributed by atoms with Gasteiger partial charge in [0.1, 0.15) is 17.3 Å². The van der Waals surface area contributed by atoms with E-state index in [2.05, 4.69) is 37.3 Å². The van der Waals surface area contributed by atoms with Crippen LogP contribution in [0.4, 0.5) is 8.78 Å². The molecule has 5 nitrogen and oxygen atoms in total. The molecular formula is C27H35F2N5. The summed E-state index contributed by atoms with van der Waals surface area (Å²) in [4.78, 5) is 19.4. The molecule has 2 aromatic heterocycles. The number of aromatic nitrogens is 2. The molecule has 34 heavy (non-hydrogen) atoms. The van der Waals surface area contributed by atoms with Crippen LogP contribution in [-0.2, 0) is 0 Å². The number of aliphatic imine (C=N–C) groups is 2. The fourth-order valence-electron chi connectivity index (χ4n) is 3.42. The molecule has 0 saturated heterocycles. The molecule has 0 fully saturated rings. The minimum Gasteiger partial charge on any atom is -0.329 e. The summed E-state index contributed by atoms with van der Waals surface area (Å²) in [5.41, 5.74) is 3.75. The molecule has 2 aromatic rings. The molecule has 0 bridgehead atoms. The van der Waals surface area contributed by atoms with Crippen LogP contribution in [0.2, 0.25) is 0 Å². The number of allylic oxidation sites excluding steroid dienone is 1. The number of nitrogens with zero attached hydrogens (tertiary/aromatic N) is 5. The highest BCUT2D eigenvalue weighted by atomic mass is 19.1. The van der Waals surface area contributed by atoms with E-state index < -0.39 is 11.8 Å². The van der Waals surface area contributed by atoms with E-state index in [1.165, 1.54) is 24.5 Å². The number of hydrogen-bond donors (Lipinski definition) is 0. The molecule has 0 aliphatic heterocycles. The zero-order chi connectivity index (χ0) is 25.6. The van der Waals surface area contributed by atoms with Gasteiger partial charge in [0.2, 0.25) is 5.95 Å². The van der Waals surface area contributed by atoms with Crippen molar-refractivity contribution in [3.05, 3.63) is 71.5 Å². The van der Waals surface area contributed by atoms with E-state index in [0.29, 0.717) is 29.1 Å². The lowest BCUT2D eigenvalue weighted by atomic mass is 10.0. The lowest BCUT2D eigenvalue weighted by Crippen LogP contribution is -2.31. The highest BCUT2D eigenvalue weighted by molar-refractivity contribution is 5.99. The Kier molecular flexibility index (Phi) is 8.96. The largest absolute Gasteiger partial charge is 0.329 e. The first-order chi connectivity index (χ1) is 15.9. The standard InChI is InChI=1S/C27H35F2N5/c1-10-27(8,9)33-20(7)34(11-2)19(6)25(17(3)4)32-18(5)22-14-23(28)26(31-16-22)21-12-13-30-24(29)15-21/h12-16H,6,10-11H2,1-5,7-9H3. The van der Waals surface area contributed by atoms with Crippen LogP contribution < -0.4 is 0 Å². The molecule has 0 aliphatic rings. The van der Waals surface area contributed by atoms with Crippen molar-refractivity contribution in [3.8, 4) is 11.3 Å². The van der Waals surface area contributed by atoms with Crippen LogP contribution in [-0.4, -0.2) is 38.5 Å². The highest BCUT2D eigenvalue weighted by Crippen LogP contribution is 2.24. The first-order valence-electron chi connectivity index (χ1n) is 11.4. The van der Waals surface area contributed by atoms with Gasteiger partial charge in [-0.15, -0.1) is 0 Å². The van der Waals surface area contributed by atoms with E-state index >= 15 is 0 Å². The summed E-state index contributed by atoms with van der Waals surface area (Å²) in [7, 11) is 0. The molecule has 0 saturated carbocycles. The molecule has 0 aliphatic carbocycles. The van der Waals surface area contributed by atoms with Crippen LogP contribution in [0, 0.1) is 11.8 Å². The second-order valence-electron chi connectivity index (χ2n) is 8.98. The zero-order valence-electron chi connectivity index (χ0n) is 21.5. The summed E-state index contributed by atoms with van der Waals surface area (Å²) in [5, 5.41) is 0. The summed E-state index contributed by atoms with van der Waals surface area (Å²) >= 11 is 0. The maximum Gasteiger partial charge on any atom is 0.213 e. The molecule has 0 spiro atoms. The second kappa shape index (κ2) is 11.3. The Balaban J connectivity index is 2.41. The molecule has 0 radical (unpaired) electrons. The number of amidine groups is 1. The summed E-state index contributed by atoms with van der Waals surface area (Å²) in [5.74, 6) is -0.378. The predicted octanol–water partition coefficient (Wildman–Crippen LogP) is 6.97. The van der Waals surface area contributed by atoms with E-state index in [-0.39, 0.29) is 11.2 Å². The van der Waals surface area contributed by atoms with Crippen LogP contribution in [0.15, 0.2) is 64.1 Å². The van der Waals surface area contributed by atoms with Gasteiger partial charge in [-0.1, -0.05) is 13.5 Å². The Morgan fingerprint density at radius 3 is 2.29 bits per heavy atom. The Hall–Kier alpha value is -3.22. The van der Waals surface area contributed by atoms with Crippen LogP contribution in [0.5, 0.6) is 0 Å². The fourth-order valence-corrected chi connectivity index (χ4v) is 3.42. The van der Waals surface area contributed by atoms with Gasteiger partial charge in [-0.25, -0.2) is 9.37 Å². The monoisotopic (exact) mass is 467 g/mol. The van der Waals surface area contributed by atoms with Crippen LogP contribution in [0.1, 0.15) is 67.4 Å². The van der Waals surface area contributed by atoms with E-state index in [1.54, 1.807) is 6.92 Å². The van der Waals surface area contributed by atoms with Gasteiger partial charge in [0.05, 0.1) is 16.9 Å². The lowest BCUT2D eigenvalue weighted by molar-refractivity contribution is 0.476. The Morgan fingerprint density at radius 2 is 1.76 bits per heavy atom. The summed E-state index contributed by atoms with van der Waals surface area (Å²) < 4.78 is 28.3. The summed E-state index contributed by atoms with van der Waals surface area (Å²) in [6.45, 7) is 21.1. The molecule has 0 atom stereocenters. The number of pyridine rings is 2. The minimum absolute atomic E-state index is 0.0623. The molecule has 182 valence electrons. The van der Waals surface area contributed by atoms with Gasteiger partial charge >= 0.3 is 0 Å². The van der Waals surface area contributed by atoms with E-state index in [9.17, 15) is 8.78 Å². The fraction of sp³-hybridized carbons (Fsp3) is 0.407. The normalized spacial score (nSPS) is 12.5. The Morgan fingerprint density at radius 1 is 1.09 bits per heavy atom. The summed E-state index contributed by atoms with van der Waals surface area (Å²) in [6, 6.07) is 4.03. The van der Waals surface area contributed by atoms with E-state index in [0.717, 1.165) is 29.6 Å². The van der Waals surface area contributed by atoms with Gasteiger partial charge in [-0.2, -0.15) is 4.39 Å². The Labute approximate surface area is 202 Å². The third-order valence-corrected chi connectivity index (χ3v) is 5.65. The van der Waals surface area contributed by atoms with Crippen molar-refractivity contribution < 1.29 is 8.78 Å². The zero-order valence-corrected chi connectivity index (χ0v) is 21.5. The third kappa shape index (κ3) is 6.65. The van der Waals surface area contributed by atoms with Crippen molar-refractivity contribution in [1.82, 2.24) is 14.9 Å². The molecule has 0 amide bonds. The molecule has 0 aromatic carbocycles. The number of halogens is 2. The molecule has 0 unspecified atom stereocenters. The summed E-state index contributed by atoms with van der Waals surface area (Å²) in [6.07, 6.45) is 3.74. The molecule has 2 heterocycles. The van der Waals surface area contributed by atoms with Gasteiger partial charge in [0.25, 0.3) is 0 Å². The number of hydrogen-bond acceptors (Lipinski definition) is 4. The molecule has 2 rings (SSSR count). The highest BCUT2D eigenvalue weighted by Gasteiger charge is 2.19. The van der Waals surface area contributed by atoms with Crippen molar-refractivity contribution in [2.24, 2.45) is 9.98 Å². The maximum atomic E-state index is 14.8. The number of likely N-dealkylation sites (N-methyl/N-ethyl adjacent to an activating group) is 1. The van der Waals surface area contributed by atoms with E-state index in [4.69, 9.17) is 9.98 Å². The SMILES string of the molecule is C=C(C(N=C(C)c1cnc(-c2ccnc(F)c2)c(F)c1)=C(C)C)N(CC)C(C)=NC(C)(C)CC. The second-order valence-corrected chi connectivity index (χ2v) is 8.98. The van der Waals surface area contributed by atoms with Gasteiger partial charge in [-0.05, 0) is 72.6 Å². The van der Waals surface area contributed by atoms with Crippen molar-refractivity contribution in [2.45, 2.75) is 67.3 Å². The van der Waals surface area contributed by atoms with Gasteiger partial charge in [0, 0.05) is 41.8 Å². The topological polar surface area (TPSA) is 53.7 Å². The lowest BCUT2D eigenvalue weighted by Gasteiger charge is -2.29. The van der Waals surface area contributed by atoms with E-state index in [1.807, 2.05) is 32.6 Å². The molecular weight excluding hydrogens is 432 g/mol. The van der Waals surface area contributed by atoms with Crippen molar-refractivity contribution in [3.63, 3.8) is 0 Å². The molecule has 7 heteroatoms. The van der Waals surface area contributed by atoms with Crippen LogP contribution in [0.3, 0.4) is 0 Å². The quantitative estimate of drug-likeness (QED) is 0.182. The minimum atomic E-state index is -0.686. The average molecular weight is 468 g/mol. The van der Waals surface area contributed by atoms with Crippen molar-refractivity contribution >= 4 is 11.5 Å². The maximum absolute atomic E-state index is 14.8. The smallest absolute Gasteiger partial charge is 0.213 e. The average Bonchev–Trinajstić information content (AvgIpc) is 2.77. The van der Waals surface area contributed by atoms with Crippen LogP contribution in [0.25, 0.3) is 11.3 Å². The van der Waals surface area contributed by atoms with Gasteiger partial charge in [0.15, 0.2) is 0 Å². The van der Waals surface area contributed by atoms with Crippen molar-refractivity contribution in [1.29, 1.82) is 0 Å². The number of rotatable bonds is 8. The Bertz CT molecular complexity index is 1140. The van der Waals surface area contributed by atoms with Gasteiger partial charge < -0.3 is 4.90 Å². The van der Waals surface area contributed by atoms with Gasteiger partial charge in [-0.3, -0.25) is 15.0 Å². The van der Waals surface area contributed by atoms with Crippen molar-refractivity contribution in [2.75, 3.05) is 6.54 Å². The molecule has 0 N–H and O–H groups in total. The third-order valence-electron chi connectivity index (χ3n) is 5.65. The predicted molar refractivity (Wildman–Crippen MR) is 137 cm³/mol.